The topological polar surface area (TPSA) is 190 Å². The molecule has 4 amide bonds. The van der Waals surface area contributed by atoms with Crippen LogP contribution in [0.1, 0.15) is 38.7 Å². The van der Waals surface area contributed by atoms with Crippen LogP contribution >= 0.6 is 0 Å². The zero-order chi connectivity index (χ0) is 29.4. The molecule has 40 heavy (non-hydrogen) atoms. The van der Waals surface area contributed by atoms with Crippen LogP contribution in [0.15, 0.2) is 18.2 Å². The maximum atomic E-state index is 12.6. The van der Waals surface area contributed by atoms with E-state index in [1.54, 1.807) is 13.0 Å². The van der Waals surface area contributed by atoms with Crippen molar-refractivity contribution in [1.29, 1.82) is 0 Å². The molecule has 2 saturated heterocycles. The van der Waals surface area contributed by atoms with E-state index in [0.717, 1.165) is 4.90 Å². The van der Waals surface area contributed by atoms with Gasteiger partial charge in [0.25, 0.3) is 0 Å². The number of nitrogens with zero attached hydrogens (tertiary/aromatic N) is 1. The minimum Gasteiger partial charge on any atom is -0.461 e. The molecule has 14 nitrogen and oxygen atoms in total. The van der Waals surface area contributed by atoms with Crippen LogP contribution in [-0.4, -0.2) is 90.7 Å². The van der Waals surface area contributed by atoms with Crippen molar-refractivity contribution in [2.45, 2.75) is 64.3 Å². The Morgan fingerprint density at radius 3 is 2.58 bits per heavy atom. The molecule has 1 aromatic carbocycles. The third-order valence-corrected chi connectivity index (χ3v) is 6.29. The molecule has 0 aliphatic carbocycles. The van der Waals surface area contributed by atoms with Gasteiger partial charge in [0.15, 0.2) is 6.29 Å². The van der Waals surface area contributed by atoms with E-state index in [0.29, 0.717) is 11.8 Å². The van der Waals surface area contributed by atoms with Crippen LogP contribution in [0.2, 0.25) is 0 Å². The molecular weight excluding hydrogens is 530 g/mol. The first-order valence-electron chi connectivity index (χ1n) is 12.7. The monoisotopic (exact) mass is 563 g/mol. The summed E-state index contributed by atoms with van der Waals surface area (Å²) in [6, 6.07) is 4.54. The van der Waals surface area contributed by atoms with E-state index < -0.39 is 48.3 Å². The number of aliphatic hydroxyl groups is 1. The van der Waals surface area contributed by atoms with Crippen molar-refractivity contribution >= 4 is 41.6 Å². The number of aliphatic hydroxyl groups excluding tert-OH is 1. The number of hydrogen-bond acceptors (Lipinski definition) is 11. The summed E-state index contributed by atoms with van der Waals surface area (Å²) in [7, 11) is 1.33. The second-order valence-electron chi connectivity index (χ2n) is 9.41. The van der Waals surface area contributed by atoms with Crippen molar-refractivity contribution in [1.82, 2.24) is 10.2 Å². The Bertz CT molecular complexity index is 1140. The predicted octanol–water partition coefficient (Wildman–Crippen LogP) is -0.342. The fourth-order valence-corrected chi connectivity index (χ4v) is 4.06. The Kier molecular flexibility index (Phi) is 10.7. The summed E-state index contributed by atoms with van der Waals surface area (Å²) in [6.45, 7) is 2.80. The van der Waals surface area contributed by atoms with Crippen molar-refractivity contribution < 1.29 is 52.8 Å². The summed E-state index contributed by atoms with van der Waals surface area (Å²) in [6.07, 6.45) is -3.39. The number of likely N-dealkylation sites (tertiary alicyclic amines) is 1. The molecule has 2 fully saturated rings. The average molecular weight is 564 g/mol. The summed E-state index contributed by atoms with van der Waals surface area (Å²) < 4.78 is 20.8. The lowest BCUT2D eigenvalue weighted by molar-refractivity contribution is -0.142. The molecule has 14 heteroatoms. The third-order valence-electron chi connectivity index (χ3n) is 6.29. The molecule has 218 valence electrons. The Morgan fingerprint density at radius 1 is 1.20 bits per heavy atom. The van der Waals surface area contributed by atoms with Gasteiger partial charge in [0.05, 0.1) is 5.69 Å². The SMILES string of the molecule is COC(C=O)C1OC1C(O)Oc1ccc(COC(C)=O)cc1NC(=O)CCNC(=O)CCN1C(=O)CC(C)C1=O. The molecule has 0 bridgehead atoms. The maximum Gasteiger partial charge on any atom is 0.302 e. The molecule has 5 atom stereocenters. The number of ether oxygens (including phenoxy) is 4. The van der Waals surface area contributed by atoms with Gasteiger partial charge in [-0.25, -0.2) is 0 Å². The molecule has 2 aliphatic heterocycles. The lowest BCUT2D eigenvalue weighted by Gasteiger charge is -2.17. The second kappa shape index (κ2) is 14.0. The molecule has 1 aromatic rings. The Morgan fingerprint density at radius 2 is 1.95 bits per heavy atom. The molecule has 0 radical (unpaired) electrons. The number of esters is 1. The predicted molar refractivity (Wildman–Crippen MR) is 135 cm³/mol. The van der Waals surface area contributed by atoms with Gasteiger partial charge in [-0.2, -0.15) is 0 Å². The largest absolute Gasteiger partial charge is 0.461 e. The number of hydrogen-bond donors (Lipinski definition) is 3. The first kappa shape index (κ1) is 30.7. The van der Waals surface area contributed by atoms with Crippen molar-refractivity contribution in [3.8, 4) is 5.75 Å². The van der Waals surface area contributed by atoms with Gasteiger partial charge in [0.2, 0.25) is 29.9 Å². The van der Waals surface area contributed by atoms with Crippen LogP contribution in [0.5, 0.6) is 5.75 Å². The van der Waals surface area contributed by atoms with Gasteiger partial charge < -0.3 is 39.5 Å². The first-order valence-corrected chi connectivity index (χ1v) is 12.7. The van der Waals surface area contributed by atoms with Crippen molar-refractivity contribution in [3.05, 3.63) is 23.8 Å². The number of benzene rings is 1. The van der Waals surface area contributed by atoms with E-state index in [9.17, 15) is 33.9 Å². The molecule has 2 heterocycles. The van der Waals surface area contributed by atoms with Crippen LogP contribution in [0.3, 0.4) is 0 Å². The zero-order valence-corrected chi connectivity index (χ0v) is 22.4. The number of carbonyl (C=O) groups is 6. The number of rotatable bonds is 15. The number of aldehydes is 1. The molecule has 3 N–H and O–H groups in total. The highest BCUT2D eigenvalue weighted by Gasteiger charge is 2.51. The van der Waals surface area contributed by atoms with Crippen molar-refractivity contribution in [2.24, 2.45) is 5.92 Å². The van der Waals surface area contributed by atoms with Crippen LogP contribution in [-0.2, 0) is 49.6 Å². The van der Waals surface area contributed by atoms with Gasteiger partial charge in [0, 0.05) is 52.3 Å². The molecular formula is C26H33N3O11. The number of imide groups is 1. The zero-order valence-electron chi connectivity index (χ0n) is 22.4. The molecule has 3 rings (SSSR count). The Hall–Kier alpha value is -3.88. The van der Waals surface area contributed by atoms with E-state index >= 15 is 0 Å². The second-order valence-corrected chi connectivity index (χ2v) is 9.41. The van der Waals surface area contributed by atoms with Crippen molar-refractivity contribution in [2.75, 3.05) is 25.5 Å². The number of methoxy groups -OCH3 is 1. The molecule has 2 aliphatic rings. The van der Waals surface area contributed by atoms with E-state index in [1.165, 1.54) is 26.2 Å². The van der Waals surface area contributed by atoms with Crippen LogP contribution in [0, 0.1) is 5.92 Å². The van der Waals surface area contributed by atoms with Gasteiger partial charge in [0.1, 0.15) is 30.7 Å². The molecule has 0 aromatic heterocycles. The van der Waals surface area contributed by atoms with Gasteiger partial charge in [-0.1, -0.05) is 13.0 Å². The summed E-state index contributed by atoms with van der Waals surface area (Å²) in [5.41, 5.74) is 0.693. The minimum atomic E-state index is -1.48. The molecule has 0 saturated carbocycles. The van der Waals surface area contributed by atoms with E-state index in [-0.39, 0.29) is 62.2 Å². The quantitative estimate of drug-likeness (QED) is 0.0832. The van der Waals surface area contributed by atoms with E-state index in [1.807, 2.05) is 0 Å². The fourth-order valence-electron chi connectivity index (χ4n) is 4.06. The van der Waals surface area contributed by atoms with Gasteiger partial charge in [-0.05, 0) is 17.7 Å². The molecule has 0 spiro atoms. The summed E-state index contributed by atoms with van der Waals surface area (Å²) in [5, 5.41) is 15.7. The highest BCUT2D eigenvalue weighted by molar-refractivity contribution is 6.03. The number of nitrogens with one attached hydrogen (secondary N) is 2. The summed E-state index contributed by atoms with van der Waals surface area (Å²) in [5.74, 6) is -2.34. The van der Waals surface area contributed by atoms with Crippen molar-refractivity contribution in [3.63, 3.8) is 0 Å². The number of epoxide rings is 1. The standard InChI is InChI=1S/C26H33N3O11/c1-14-10-22(34)29(25(14)35)9-7-20(32)27-8-6-21(33)28-17-11-16(13-38-15(2)31)4-5-18(17)39-26(36)24-23(40-24)19(12-30)37-3/h4-5,11-12,14,19,23-24,26,36H,6-10,13H2,1-3H3,(H,27,32)(H,28,33). The Labute approximate surface area is 230 Å². The first-order chi connectivity index (χ1) is 19.0. The maximum absolute atomic E-state index is 12.6. The van der Waals surface area contributed by atoms with E-state index in [2.05, 4.69) is 10.6 Å². The van der Waals surface area contributed by atoms with Crippen LogP contribution in [0.4, 0.5) is 5.69 Å². The fraction of sp³-hybridized carbons (Fsp3) is 0.538. The summed E-state index contributed by atoms with van der Waals surface area (Å²) in [4.78, 5) is 71.9. The van der Waals surface area contributed by atoms with Crippen LogP contribution in [0.25, 0.3) is 0 Å². The summed E-state index contributed by atoms with van der Waals surface area (Å²) >= 11 is 0. The minimum absolute atomic E-state index is 0.0173. The van der Waals surface area contributed by atoms with Gasteiger partial charge >= 0.3 is 5.97 Å². The lowest BCUT2D eigenvalue weighted by atomic mass is 10.1. The highest BCUT2D eigenvalue weighted by Crippen LogP contribution is 2.33. The third kappa shape index (κ3) is 8.31. The number of carbonyl (C=O) groups excluding carboxylic acids is 6. The number of amides is 4. The highest BCUT2D eigenvalue weighted by atomic mass is 16.7. The smallest absolute Gasteiger partial charge is 0.302 e. The lowest BCUT2D eigenvalue weighted by Crippen LogP contribution is -2.35. The number of anilines is 1. The average Bonchev–Trinajstić information content (AvgIpc) is 3.65. The normalized spacial score (nSPS) is 21.4. The van der Waals surface area contributed by atoms with E-state index in [4.69, 9.17) is 18.9 Å². The Balaban J connectivity index is 1.54. The van der Waals surface area contributed by atoms with Gasteiger partial charge in [-0.15, -0.1) is 0 Å². The van der Waals surface area contributed by atoms with Gasteiger partial charge in [-0.3, -0.25) is 28.9 Å². The molecule has 5 unspecified atom stereocenters. The van der Waals surface area contributed by atoms with Crippen LogP contribution < -0.4 is 15.4 Å².